The van der Waals surface area contributed by atoms with Gasteiger partial charge in [0.2, 0.25) is 0 Å². The Balaban J connectivity index is 1.54. The molecule has 24 heavy (non-hydrogen) atoms. The van der Waals surface area contributed by atoms with Crippen LogP contribution in [-0.4, -0.2) is 76.1 Å². The molecule has 2 fully saturated rings. The van der Waals surface area contributed by atoms with Crippen LogP contribution in [0.1, 0.15) is 39.5 Å². The average Bonchev–Trinajstić information content (AvgIpc) is 3.10. The van der Waals surface area contributed by atoms with Crippen LogP contribution in [0.15, 0.2) is 4.99 Å². The summed E-state index contributed by atoms with van der Waals surface area (Å²) in [6.45, 7) is 11.3. The largest absolute Gasteiger partial charge is 0.379 e. The topological polar surface area (TPSA) is 58.1 Å². The number of rotatable bonds is 8. The number of nitrogens with one attached hydrogen (secondary N) is 2. The quantitative estimate of drug-likeness (QED) is 0.398. The zero-order valence-corrected chi connectivity index (χ0v) is 15.7. The Morgan fingerprint density at radius 2 is 2.25 bits per heavy atom. The van der Waals surface area contributed by atoms with E-state index >= 15 is 0 Å². The van der Waals surface area contributed by atoms with Gasteiger partial charge < -0.3 is 20.1 Å². The number of piperidine rings is 1. The molecular formula is C18H36N4O2. The van der Waals surface area contributed by atoms with Crippen molar-refractivity contribution in [3.05, 3.63) is 0 Å². The molecule has 0 amide bonds. The van der Waals surface area contributed by atoms with Gasteiger partial charge in [0.15, 0.2) is 5.96 Å². The molecule has 0 spiro atoms. The third kappa shape index (κ3) is 6.95. The minimum absolute atomic E-state index is 0.301. The van der Waals surface area contributed by atoms with Gasteiger partial charge in [-0.15, -0.1) is 0 Å². The van der Waals surface area contributed by atoms with Gasteiger partial charge in [-0.25, -0.2) is 0 Å². The maximum Gasteiger partial charge on any atom is 0.191 e. The van der Waals surface area contributed by atoms with E-state index in [1.165, 1.54) is 25.9 Å². The molecule has 3 unspecified atom stereocenters. The fourth-order valence-electron chi connectivity index (χ4n) is 3.39. The molecule has 6 nitrogen and oxygen atoms in total. The Bertz CT molecular complexity index is 372. The fourth-order valence-corrected chi connectivity index (χ4v) is 3.39. The minimum Gasteiger partial charge on any atom is -0.379 e. The number of hydrogen-bond acceptors (Lipinski definition) is 4. The molecule has 2 aliphatic heterocycles. The number of ether oxygens (including phenoxy) is 2. The summed E-state index contributed by atoms with van der Waals surface area (Å²) in [4.78, 5) is 6.90. The van der Waals surface area contributed by atoms with Crippen LogP contribution in [0.25, 0.3) is 0 Å². The van der Waals surface area contributed by atoms with Crippen molar-refractivity contribution in [1.82, 2.24) is 15.5 Å². The summed E-state index contributed by atoms with van der Waals surface area (Å²) in [6, 6.07) is 0.539. The third-order valence-corrected chi connectivity index (χ3v) is 4.96. The van der Waals surface area contributed by atoms with Gasteiger partial charge in [0.05, 0.1) is 12.7 Å². The first-order valence-corrected chi connectivity index (χ1v) is 9.57. The minimum atomic E-state index is 0.301. The van der Waals surface area contributed by atoms with Crippen molar-refractivity contribution in [2.75, 3.05) is 53.0 Å². The lowest BCUT2D eigenvalue weighted by Crippen LogP contribution is -2.48. The Kier molecular flexibility index (Phi) is 8.84. The number of hydrogen-bond donors (Lipinski definition) is 2. The summed E-state index contributed by atoms with van der Waals surface area (Å²) in [5, 5.41) is 6.82. The second kappa shape index (κ2) is 10.9. The van der Waals surface area contributed by atoms with Crippen molar-refractivity contribution in [2.24, 2.45) is 10.9 Å². The molecule has 6 heteroatoms. The molecule has 2 rings (SSSR count). The maximum atomic E-state index is 5.77. The van der Waals surface area contributed by atoms with Crippen molar-refractivity contribution in [1.29, 1.82) is 0 Å². The molecule has 2 N–H and O–H groups in total. The van der Waals surface area contributed by atoms with Crippen molar-refractivity contribution in [2.45, 2.75) is 51.7 Å². The maximum absolute atomic E-state index is 5.77. The summed E-state index contributed by atoms with van der Waals surface area (Å²) < 4.78 is 11.1. The highest BCUT2D eigenvalue weighted by molar-refractivity contribution is 5.79. The van der Waals surface area contributed by atoms with E-state index in [1.54, 1.807) is 0 Å². The lowest BCUT2D eigenvalue weighted by molar-refractivity contribution is 0.0420. The van der Waals surface area contributed by atoms with Gasteiger partial charge in [-0.3, -0.25) is 9.89 Å². The second-order valence-electron chi connectivity index (χ2n) is 7.18. The molecule has 140 valence electrons. The zero-order valence-electron chi connectivity index (χ0n) is 15.7. The van der Waals surface area contributed by atoms with Gasteiger partial charge in [-0.1, -0.05) is 6.92 Å². The zero-order chi connectivity index (χ0) is 17.2. The number of aliphatic imine (C=N–C) groups is 1. The van der Waals surface area contributed by atoms with Gasteiger partial charge >= 0.3 is 0 Å². The third-order valence-electron chi connectivity index (χ3n) is 4.96. The van der Waals surface area contributed by atoms with Gasteiger partial charge in [-0.05, 0) is 45.1 Å². The van der Waals surface area contributed by atoms with E-state index in [2.05, 4.69) is 34.4 Å². The molecule has 0 radical (unpaired) electrons. The summed E-state index contributed by atoms with van der Waals surface area (Å²) in [5.74, 6) is 1.71. The first kappa shape index (κ1) is 19.5. The van der Waals surface area contributed by atoms with Crippen LogP contribution in [0.2, 0.25) is 0 Å². The standard InChI is InChI=1S/C18H36N4O2/c1-15-6-4-9-22(13-15)16(2)12-21-18(19-3)20-8-5-10-24-17-7-11-23-14-17/h15-17H,4-14H2,1-3H3,(H2,19,20,21). The highest BCUT2D eigenvalue weighted by atomic mass is 16.5. The summed E-state index contributed by atoms with van der Waals surface area (Å²) >= 11 is 0. The van der Waals surface area contributed by atoms with Crippen molar-refractivity contribution >= 4 is 5.96 Å². The van der Waals surface area contributed by atoms with Crippen LogP contribution in [-0.2, 0) is 9.47 Å². The van der Waals surface area contributed by atoms with E-state index < -0.39 is 0 Å². The van der Waals surface area contributed by atoms with Gasteiger partial charge in [0, 0.05) is 45.9 Å². The van der Waals surface area contributed by atoms with E-state index in [4.69, 9.17) is 9.47 Å². The van der Waals surface area contributed by atoms with E-state index in [0.29, 0.717) is 12.1 Å². The highest BCUT2D eigenvalue weighted by Gasteiger charge is 2.20. The van der Waals surface area contributed by atoms with E-state index in [9.17, 15) is 0 Å². The van der Waals surface area contributed by atoms with Crippen LogP contribution in [0.5, 0.6) is 0 Å². The van der Waals surface area contributed by atoms with Gasteiger partial charge in [0.25, 0.3) is 0 Å². The number of guanidine groups is 1. The van der Waals surface area contributed by atoms with Crippen LogP contribution in [0.4, 0.5) is 0 Å². The Morgan fingerprint density at radius 1 is 1.38 bits per heavy atom. The van der Waals surface area contributed by atoms with E-state index in [-0.39, 0.29) is 0 Å². The molecular weight excluding hydrogens is 304 g/mol. The molecule has 0 saturated carbocycles. The lowest BCUT2D eigenvalue weighted by atomic mass is 9.99. The van der Waals surface area contributed by atoms with Crippen LogP contribution in [0.3, 0.4) is 0 Å². The molecule has 0 aromatic heterocycles. The van der Waals surface area contributed by atoms with Crippen LogP contribution < -0.4 is 10.6 Å². The predicted molar refractivity (Wildman–Crippen MR) is 98.6 cm³/mol. The summed E-state index contributed by atoms with van der Waals surface area (Å²) in [5.41, 5.74) is 0. The van der Waals surface area contributed by atoms with Crippen molar-refractivity contribution < 1.29 is 9.47 Å². The molecule has 2 heterocycles. The lowest BCUT2D eigenvalue weighted by Gasteiger charge is -2.35. The van der Waals surface area contributed by atoms with Crippen molar-refractivity contribution in [3.8, 4) is 0 Å². The second-order valence-corrected chi connectivity index (χ2v) is 7.18. The number of likely N-dealkylation sites (tertiary alicyclic amines) is 1. The highest BCUT2D eigenvalue weighted by Crippen LogP contribution is 2.17. The first-order chi connectivity index (χ1) is 11.7. The SMILES string of the molecule is CN=C(NCCCOC1CCOC1)NCC(C)N1CCCC(C)C1. The average molecular weight is 341 g/mol. The summed E-state index contributed by atoms with van der Waals surface area (Å²) in [7, 11) is 1.83. The molecule has 2 saturated heterocycles. The Hall–Kier alpha value is -0.850. The van der Waals surface area contributed by atoms with Crippen LogP contribution in [0, 0.1) is 5.92 Å². The number of nitrogens with zero attached hydrogens (tertiary/aromatic N) is 2. The molecule has 3 atom stereocenters. The first-order valence-electron chi connectivity index (χ1n) is 9.57. The molecule has 0 aliphatic carbocycles. The Labute approximate surface area is 147 Å². The Morgan fingerprint density at radius 3 is 2.96 bits per heavy atom. The van der Waals surface area contributed by atoms with Gasteiger partial charge in [0.1, 0.15) is 0 Å². The fraction of sp³-hybridized carbons (Fsp3) is 0.944. The normalized spacial score (nSPS) is 27.2. The summed E-state index contributed by atoms with van der Waals surface area (Å²) in [6.07, 6.45) is 5.01. The molecule has 0 aromatic rings. The monoisotopic (exact) mass is 340 g/mol. The smallest absolute Gasteiger partial charge is 0.191 e. The molecule has 0 bridgehead atoms. The van der Waals surface area contributed by atoms with Crippen molar-refractivity contribution in [3.63, 3.8) is 0 Å². The van der Waals surface area contributed by atoms with E-state index in [0.717, 1.165) is 57.6 Å². The van der Waals surface area contributed by atoms with Crippen LogP contribution >= 0.6 is 0 Å². The molecule has 2 aliphatic rings. The van der Waals surface area contributed by atoms with Gasteiger partial charge in [-0.2, -0.15) is 0 Å². The molecule has 0 aromatic carbocycles. The predicted octanol–water partition coefficient (Wildman–Crippen LogP) is 1.47. The van der Waals surface area contributed by atoms with E-state index in [1.807, 2.05) is 7.05 Å².